The third-order valence-electron chi connectivity index (χ3n) is 2.49. The molecule has 1 unspecified atom stereocenters. The van der Waals surface area contributed by atoms with E-state index in [1.54, 1.807) is 0 Å². The molecular formula is C13H18N2O. The number of hydrogen-bond donors (Lipinski definition) is 1. The normalized spacial score (nSPS) is 13.2. The van der Waals surface area contributed by atoms with Gasteiger partial charge in [-0.25, -0.2) is 0 Å². The maximum atomic E-state index is 5.60. The summed E-state index contributed by atoms with van der Waals surface area (Å²) in [4.78, 5) is 4.38. The quantitative estimate of drug-likeness (QED) is 0.850. The lowest BCUT2D eigenvalue weighted by Gasteiger charge is -2.13. The van der Waals surface area contributed by atoms with E-state index in [1.807, 2.05) is 24.3 Å². The Hall–Kier alpha value is -1.51. The molecular weight excluding hydrogens is 200 g/mol. The van der Waals surface area contributed by atoms with Crippen LogP contribution >= 0.6 is 0 Å². The Labute approximate surface area is 95.9 Å². The lowest BCUT2D eigenvalue weighted by molar-refractivity contribution is 0.521. The van der Waals surface area contributed by atoms with Gasteiger partial charge in [0, 0.05) is 6.04 Å². The minimum absolute atomic E-state index is 0.382. The molecule has 2 aromatic rings. The van der Waals surface area contributed by atoms with Crippen LogP contribution in [0.1, 0.15) is 27.2 Å². The van der Waals surface area contributed by atoms with Gasteiger partial charge in [-0.2, -0.15) is 4.98 Å². The number of nitrogens with one attached hydrogen (secondary N) is 1. The zero-order valence-corrected chi connectivity index (χ0v) is 10.0. The number of hydrogen-bond acceptors (Lipinski definition) is 3. The van der Waals surface area contributed by atoms with Crippen LogP contribution in [0.5, 0.6) is 0 Å². The molecule has 0 aliphatic carbocycles. The van der Waals surface area contributed by atoms with Crippen molar-refractivity contribution in [3.63, 3.8) is 0 Å². The van der Waals surface area contributed by atoms with Crippen LogP contribution in [0.2, 0.25) is 0 Å². The summed E-state index contributed by atoms with van der Waals surface area (Å²) in [5, 5.41) is 3.28. The topological polar surface area (TPSA) is 38.1 Å². The van der Waals surface area contributed by atoms with Crippen molar-refractivity contribution in [3.05, 3.63) is 24.3 Å². The van der Waals surface area contributed by atoms with Crippen molar-refractivity contribution in [1.82, 2.24) is 4.98 Å². The van der Waals surface area contributed by atoms with Gasteiger partial charge in [-0.3, -0.25) is 0 Å². The Kier molecular flexibility index (Phi) is 3.13. The van der Waals surface area contributed by atoms with Gasteiger partial charge < -0.3 is 9.73 Å². The summed E-state index contributed by atoms with van der Waals surface area (Å²) < 4.78 is 5.60. The zero-order chi connectivity index (χ0) is 11.5. The molecule has 1 atom stereocenters. The molecule has 3 heteroatoms. The van der Waals surface area contributed by atoms with E-state index in [2.05, 4.69) is 31.1 Å². The molecule has 16 heavy (non-hydrogen) atoms. The maximum Gasteiger partial charge on any atom is 0.295 e. The monoisotopic (exact) mass is 218 g/mol. The van der Waals surface area contributed by atoms with Gasteiger partial charge >= 0.3 is 0 Å². The van der Waals surface area contributed by atoms with E-state index in [0.29, 0.717) is 18.0 Å². The second-order valence-corrected chi connectivity index (χ2v) is 4.66. The van der Waals surface area contributed by atoms with Gasteiger partial charge in [0.2, 0.25) is 0 Å². The lowest BCUT2D eigenvalue weighted by Crippen LogP contribution is -2.17. The first kappa shape index (κ1) is 11.0. The van der Waals surface area contributed by atoms with Crippen molar-refractivity contribution in [2.75, 3.05) is 5.32 Å². The van der Waals surface area contributed by atoms with E-state index >= 15 is 0 Å². The molecule has 1 aromatic carbocycles. The molecule has 0 saturated heterocycles. The summed E-state index contributed by atoms with van der Waals surface area (Å²) in [5.41, 5.74) is 1.74. The molecule has 0 spiro atoms. The largest absolute Gasteiger partial charge is 0.424 e. The van der Waals surface area contributed by atoms with Crippen LogP contribution in [0.3, 0.4) is 0 Å². The first-order chi connectivity index (χ1) is 7.65. The summed E-state index contributed by atoms with van der Waals surface area (Å²) in [7, 11) is 0. The SMILES string of the molecule is CC(C)CC(C)Nc1nc2ccccc2o1. The number of benzene rings is 1. The molecule has 1 N–H and O–H groups in total. The molecule has 0 amide bonds. The van der Waals surface area contributed by atoms with Gasteiger partial charge in [-0.1, -0.05) is 26.0 Å². The summed E-state index contributed by atoms with van der Waals surface area (Å²) in [6.07, 6.45) is 1.11. The third-order valence-corrected chi connectivity index (χ3v) is 2.49. The summed E-state index contributed by atoms with van der Waals surface area (Å²) in [5.74, 6) is 0.673. The van der Waals surface area contributed by atoms with Gasteiger partial charge in [0.05, 0.1) is 0 Å². The Bertz CT molecular complexity index is 429. The van der Waals surface area contributed by atoms with E-state index in [4.69, 9.17) is 4.42 Å². The van der Waals surface area contributed by atoms with Crippen LogP contribution in [0, 0.1) is 5.92 Å². The van der Waals surface area contributed by atoms with E-state index in [0.717, 1.165) is 17.5 Å². The van der Waals surface area contributed by atoms with Gasteiger partial charge in [0.15, 0.2) is 5.58 Å². The molecule has 0 fully saturated rings. The number of fused-ring (bicyclic) bond motifs is 1. The fraction of sp³-hybridized carbons (Fsp3) is 0.462. The van der Waals surface area contributed by atoms with Crippen molar-refractivity contribution in [3.8, 4) is 0 Å². The number of aromatic nitrogens is 1. The second-order valence-electron chi connectivity index (χ2n) is 4.66. The lowest BCUT2D eigenvalue weighted by atomic mass is 10.1. The molecule has 2 rings (SSSR count). The first-order valence-corrected chi connectivity index (χ1v) is 5.77. The highest BCUT2D eigenvalue weighted by Crippen LogP contribution is 2.19. The Morgan fingerprint density at radius 1 is 1.25 bits per heavy atom. The Morgan fingerprint density at radius 3 is 2.69 bits per heavy atom. The molecule has 0 aliphatic rings. The molecule has 86 valence electrons. The van der Waals surface area contributed by atoms with Crippen LogP contribution in [0.25, 0.3) is 11.1 Å². The van der Waals surface area contributed by atoms with E-state index < -0.39 is 0 Å². The van der Waals surface area contributed by atoms with Crippen molar-refractivity contribution in [2.45, 2.75) is 33.2 Å². The fourth-order valence-electron chi connectivity index (χ4n) is 1.91. The third kappa shape index (κ3) is 2.54. The second kappa shape index (κ2) is 4.56. The van der Waals surface area contributed by atoms with Gasteiger partial charge in [0.25, 0.3) is 6.01 Å². The van der Waals surface area contributed by atoms with Crippen LogP contribution in [0.4, 0.5) is 6.01 Å². The standard InChI is InChI=1S/C13H18N2O/c1-9(2)8-10(3)14-13-15-11-6-4-5-7-12(11)16-13/h4-7,9-10H,8H2,1-3H3,(H,14,15). The molecule has 0 saturated carbocycles. The van der Waals surface area contributed by atoms with Crippen molar-refractivity contribution in [2.24, 2.45) is 5.92 Å². The number of rotatable bonds is 4. The number of oxazole rings is 1. The first-order valence-electron chi connectivity index (χ1n) is 5.77. The number of nitrogens with zero attached hydrogens (tertiary/aromatic N) is 1. The van der Waals surface area contributed by atoms with Crippen molar-refractivity contribution in [1.29, 1.82) is 0 Å². The molecule has 0 aliphatic heterocycles. The Balaban J connectivity index is 2.09. The zero-order valence-electron chi connectivity index (χ0n) is 10.0. The maximum absolute atomic E-state index is 5.60. The van der Waals surface area contributed by atoms with Gasteiger partial charge in [-0.15, -0.1) is 0 Å². The number of anilines is 1. The van der Waals surface area contributed by atoms with Crippen molar-refractivity contribution < 1.29 is 4.42 Å². The van der Waals surface area contributed by atoms with Crippen LogP contribution in [0.15, 0.2) is 28.7 Å². The summed E-state index contributed by atoms with van der Waals surface area (Å²) in [6.45, 7) is 6.57. The van der Waals surface area contributed by atoms with E-state index in [1.165, 1.54) is 0 Å². The average molecular weight is 218 g/mol. The van der Waals surface area contributed by atoms with Crippen molar-refractivity contribution >= 4 is 17.1 Å². The minimum atomic E-state index is 0.382. The fourth-order valence-corrected chi connectivity index (χ4v) is 1.91. The minimum Gasteiger partial charge on any atom is -0.424 e. The molecule has 1 heterocycles. The number of para-hydroxylation sites is 2. The Morgan fingerprint density at radius 2 is 2.00 bits per heavy atom. The molecule has 0 radical (unpaired) electrons. The average Bonchev–Trinajstić information content (AvgIpc) is 2.57. The predicted octanol–water partition coefficient (Wildman–Crippen LogP) is 3.67. The molecule has 1 aromatic heterocycles. The highest BCUT2D eigenvalue weighted by Gasteiger charge is 2.09. The summed E-state index contributed by atoms with van der Waals surface area (Å²) in [6, 6.07) is 8.81. The smallest absolute Gasteiger partial charge is 0.295 e. The highest BCUT2D eigenvalue weighted by atomic mass is 16.4. The van der Waals surface area contributed by atoms with Crippen LogP contribution in [-0.2, 0) is 0 Å². The van der Waals surface area contributed by atoms with E-state index in [9.17, 15) is 0 Å². The van der Waals surface area contributed by atoms with Crippen LogP contribution < -0.4 is 5.32 Å². The van der Waals surface area contributed by atoms with Gasteiger partial charge in [-0.05, 0) is 31.4 Å². The van der Waals surface area contributed by atoms with Crippen LogP contribution in [-0.4, -0.2) is 11.0 Å². The highest BCUT2D eigenvalue weighted by molar-refractivity contribution is 5.74. The molecule has 3 nitrogen and oxygen atoms in total. The molecule has 0 bridgehead atoms. The predicted molar refractivity (Wildman–Crippen MR) is 66.5 cm³/mol. The summed E-state index contributed by atoms with van der Waals surface area (Å²) >= 11 is 0. The van der Waals surface area contributed by atoms with Gasteiger partial charge in [0.1, 0.15) is 5.52 Å². The van der Waals surface area contributed by atoms with E-state index in [-0.39, 0.29) is 0 Å².